The smallest absolute Gasteiger partial charge is 0.0456 e. The summed E-state index contributed by atoms with van der Waals surface area (Å²) in [4.78, 5) is 3.27. The van der Waals surface area contributed by atoms with E-state index in [9.17, 15) is 0 Å². The molecule has 0 spiro atoms. The molecule has 0 aliphatic heterocycles. The molecule has 3 N–H and O–H groups in total. The van der Waals surface area contributed by atoms with E-state index in [-0.39, 0.29) is 0 Å². The number of H-pyrrole nitrogens is 1. The molecule has 72 valence electrons. The number of nitrogens with one attached hydrogen (secondary N) is 1. The first-order valence-corrected chi connectivity index (χ1v) is 4.74. The highest BCUT2D eigenvalue weighted by atomic mass is 14.8. The van der Waals surface area contributed by atoms with Crippen molar-refractivity contribution < 1.29 is 0 Å². The van der Waals surface area contributed by atoms with Crippen LogP contribution in [0.2, 0.25) is 0 Å². The second-order valence-corrected chi connectivity index (χ2v) is 3.47. The van der Waals surface area contributed by atoms with Crippen LogP contribution in [0, 0.1) is 6.92 Å². The predicted molar refractivity (Wildman–Crippen MR) is 58.9 cm³/mol. The van der Waals surface area contributed by atoms with E-state index < -0.39 is 0 Å². The molecule has 0 atom stereocenters. The predicted octanol–water partition coefficient (Wildman–Crippen LogP) is 2.45. The zero-order valence-corrected chi connectivity index (χ0v) is 8.25. The van der Waals surface area contributed by atoms with Crippen molar-refractivity contribution in [2.24, 2.45) is 5.73 Å². The normalized spacial score (nSPS) is 10.4. The Bertz CT molecular complexity index is 412. The molecular formula is C12H14N2. The zero-order valence-electron chi connectivity index (χ0n) is 8.25. The third kappa shape index (κ3) is 1.70. The lowest BCUT2D eigenvalue weighted by atomic mass is 10.1. The van der Waals surface area contributed by atoms with Gasteiger partial charge in [0.1, 0.15) is 0 Å². The molecule has 0 bridgehead atoms. The monoisotopic (exact) mass is 186 g/mol. The average Bonchev–Trinajstić information content (AvgIpc) is 2.67. The van der Waals surface area contributed by atoms with Gasteiger partial charge < -0.3 is 10.7 Å². The average molecular weight is 186 g/mol. The van der Waals surface area contributed by atoms with Gasteiger partial charge in [0.05, 0.1) is 0 Å². The molecule has 0 aliphatic carbocycles. The highest BCUT2D eigenvalue weighted by Crippen LogP contribution is 2.18. The van der Waals surface area contributed by atoms with Crippen LogP contribution in [-0.4, -0.2) is 4.98 Å². The van der Waals surface area contributed by atoms with Gasteiger partial charge in [-0.05, 0) is 24.6 Å². The largest absolute Gasteiger partial charge is 0.357 e. The summed E-state index contributed by atoms with van der Waals surface area (Å²) in [6.07, 6.45) is 0. The van der Waals surface area contributed by atoms with E-state index in [1.165, 1.54) is 11.1 Å². The Morgan fingerprint density at radius 2 is 1.79 bits per heavy atom. The van der Waals surface area contributed by atoms with Gasteiger partial charge in [0, 0.05) is 17.9 Å². The maximum absolute atomic E-state index is 5.53. The highest BCUT2D eigenvalue weighted by Gasteiger charge is 1.99. The summed E-state index contributed by atoms with van der Waals surface area (Å²) in [5, 5.41) is 0. The second-order valence-electron chi connectivity index (χ2n) is 3.47. The summed E-state index contributed by atoms with van der Waals surface area (Å²) in [7, 11) is 0. The number of aromatic amines is 1. The molecule has 0 radical (unpaired) electrons. The lowest BCUT2D eigenvalue weighted by Gasteiger charge is -1.98. The Kier molecular flexibility index (Phi) is 2.37. The van der Waals surface area contributed by atoms with Crippen molar-refractivity contribution in [3.63, 3.8) is 0 Å². The molecular weight excluding hydrogens is 172 g/mol. The SMILES string of the molecule is Cc1ccc(-c2ccc(CN)[nH]2)cc1. The molecule has 2 heteroatoms. The zero-order chi connectivity index (χ0) is 9.97. The van der Waals surface area contributed by atoms with Gasteiger partial charge in [-0.3, -0.25) is 0 Å². The standard InChI is InChI=1S/C12H14N2/c1-9-2-4-10(5-3-9)12-7-6-11(8-13)14-12/h2-7,14H,8,13H2,1H3. The second kappa shape index (κ2) is 3.68. The number of hydrogen-bond acceptors (Lipinski definition) is 1. The number of rotatable bonds is 2. The van der Waals surface area contributed by atoms with Gasteiger partial charge in [-0.15, -0.1) is 0 Å². The molecule has 0 saturated heterocycles. The van der Waals surface area contributed by atoms with Gasteiger partial charge in [0.15, 0.2) is 0 Å². The van der Waals surface area contributed by atoms with Gasteiger partial charge in [-0.2, -0.15) is 0 Å². The molecule has 1 aromatic carbocycles. The molecule has 0 unspecified atom stereocenters. The van der Waals surface area contributed by atoms with Gasteiger partial charge in [-0.1, -0.05) is 29.8 Å². The Hall–Kier alpha value is -1.54. The van der Waals surface area contributed by atoms with Crippen molar-refractivity contribution in [3.05, 3.63) is 47.7 Å². The van der Waals surface area contributed by atoms with Crippen LogP contribution in [-0.2, 0) is 6.54 Å². The molecule has 0 fully saturated rings. The van der Waals surface area contributed by atoms with Crippen molar-refractivity contribution in [3.8, 4) is 11.3 Å². The summed E-state index contributed by atoms with van der Waals surface area (Å²) in [6, 6.07) is 12.5. The highest BCUT2D eigenvalue weighted by molar-refractivity contribution is 5.60. The summed E-state index contributed by atoms with van der Waals surface area (Å²) >= 11 is 0. The fraction of sp³-hybridized carbons (Fsp3) is 0.167. The third-order valence-corrected chi connectivity index (χ3v) is 2.33. The maximum atomic E-state index is 5.53. The number of aromatic nitrogens is 1. The summed E-state index contributed by atoms with van der Waals surface area (Å²) in [6.45, 7) is 2.65. The van der Waals surface area contributed by atoms with E-state index in [0.717, 1.165) is 11.4 Å². The summed E-state index contributed by atoms with van der Waals surface area (Å²) < 4.78 is 0. The quantitative estimate of drug-likeness (QED) is 0.743. The first-order valence-electron chi connectivity index (χ1n) is 4.74. The number of hydrogen-bond donors (Lipinski definition) is 2. The molecule has 0 aliphatic rings. The van der Waals surface area contributed by atoms with Crippen LogP contribution < -0.4 is 5.73 Å². The molecule has 14 heavy (non-hydrogen) atoms. The van der Waals surface area contributed by atoms with Crippen molar-refractivity contribution in [1.29, 1.82) is 0 Å². The minimum absolute atomic E-state index is 0.561. The molecule has 0 saturated carbocycles. The van der Waals surface area contributed by atoms with Crippen molar-refractivity contribution in [2.75, 3.05) is 0 Å². The summed E-state index contributed by atoms with van der Waals surface area (Å²) in [5.41, 5.74) is 10.2. The molecule has 1 aromatic heterocycles. The molecule has 1 heterocycles. The Labute approximate surface area is 83.8 Å². The van der Waals surface area contributed by atoms with E-state index in [1.807, 2.05) is 6.07 Å². The Morgan fingerprint density at radius 3 is 2.36 bits per heavy atom. The summed E-state index contributed by atoms with van der Waals surface area (Å²) in [5.74, 6) is 0. The fourth-order valence-corrected chi connectivity index (χ4v) is 1.46. The first kappa shape index (κ1) is 9.03. The van der Waals surface area contributed by atoms with Crippen molar-refractivity contribution >= 4 is 0 Å². The molecule has 2 aromatic rings. The number of nitrogens with two attached hydrogens (primary N) is 1. The van der Waals surface area contributed by atoms with E-state index in [0.29, 0.717) is 6.54 Å². The van der Waals surface area contributed by atoms with Gasteiger partial charge >= 0.3 is 0 Å². The van der Waals surface area contributed by atoms with E-state index in [2.05, 4.69) is 42.2 Å². The molecule has 2 rings (SSSR count). The Balaban J connectivity index is 2.34. The third-order valence-electron chi connectivity index (χ3n) is 2.33. The van der Waals surface area contributed by atoms with Gasteiger partial charge in [0.2, 0.25) is 0 Å². The van der Waals surface area contributed by atoms with E-state index in [1.54, 1.807) is 0 Å². The lowest BCUT2D eigenvalue weighted by molar-refractivity contribution is 1.01. The van der Waals surface area contributed by atoms with Crippen LogP contribution >= 0.6 is 0 Å². The van der Waals surface area contributed by atoms with Crippen LogP contribution in [0.3, 0.4) is 0 Å². The van der Waals surface area contributed by atoms with Crippen LogP contribution in [0.15, 0.2) is 36.4 Å². The van der Waals surface area contributed by atoms with E-state index in [4.69, 9.17) is 5.73 Å². The molecule has 0 amide bonds. The van der Waals surface area contributed by atoms with Crippen LogP contribution in [0.25, 0.3) is 11.3 Å². The van der Waals surface area contributed by atoms with Crippen LogP contribution in [0.5, 0.6) is 0 Å². The minimum Gasteiger partial charge on any atom is -0.357 e. The fourth-order valence-electron chi connectivity index (χ4n) is 1.46. The number of aryl methyl sites for hydroxylation is 1. The topological polar surface area (TPSA) is 41.8 Å². The van der Waals surface area contributed by atoms with Gasteiger partial charge in [0.25, 0.3) is 0 Å². The number of benzene rings is 1. The van der Waals surface area contributed by atoms with E-state index >= 15 is 0 Å². The van der Waals surface area contributed by atoms with Crippen molar-refractivity contribution in [1.82, 2.24) is 4.98 Å². The lowest BCUT2D eigenvalue weighted by Crippen LogP contribution is -1.95. The van der Waals surface area contributed by atoms with Gasteiger partial charge in [-0.25, -0.2) is 0 Å². The minimum atomic E-state index is 0.561. The van der Waals surface area contributed by atoms with Crippen molar-refractivity contribution in [2.45, 2.75) is 13.5 Å². The Morgan fingerprint density at radius 1 is 1.07 bits per heavy atom. The maximum Gasteiger partial charge on any atom is 0.0456 e. The molecule has 2 nitrogen and oxygen atoms in total. The van der Waals surface area contributed by atoms with Crippen LogP contribution in [0.4, 0.5) is 0 Å². The van der Waals surface area contributed by atoms with Crippen LogP contribution in [0.1, 0.15) is 11.3 Å². The first-order chi connectivity index (χ1) is 6.79.